The molecule has 0 unspecified atom stereocenters. The minimum Gasteiger partial charge on any atom is -0.481 e. The maximum Gasteiger partial charge on any atom is 0.265 e. The topological polar surface area (TPSA) is 38.3 Å². The Labute approximate surface area is 133 Å². The molecule has 2 aromatic rings. The fourth-order valence-corrected chi connectivity index (χ4v) is 1.99. The first kappa shape index (κ1) is 15.7. The highest BCUT2D eigenvalue weighted by molar-refractivity contribution is 6.31. The Bertz CT molecular complexity index is 641. The third-order valence-corrected chi connectivity index (χ3v) is 3.59. The van der Waals surface area contributed by atoms with Gasteiger partial charge in [0.2, 0.25) is 0 Å². The van der Waals surface area contributed by atoms with Crippen molar-refractivity contribution in [2.75, 3.05) is 5.32 Å². The number of halogens is 2. The molecule has 0 aliphatic carbocycles. The Morgan fingerprint density at radius 3 is 2.43 bits per heavy atom. The van der Waals surface area contributed by atoms with Gasteiger partial charge in [-0.15, -0.1) is 0 Å². The highest BCUT2D eigenvalue weighted by Gasteiger charge is 2.15. The average molecular weight is 324 g/mol. The standard InChI is InChI=1S/C16H15Cl2NO2/c1-10-3-6-13(9-15(10)18)19-16(20)11(2)21-14-7-4-12(17)5-8-14/h3-9,11H,1-2H3,(H,19,20)/t11-/m1/s1. The van der Waals surface area contributed by atoms with E-state index in [1.165, 1.54) is 0 Å². The van der Waals surface area contributed by atoms with Crippen molar-refractivity contribution in [3.05, 3.63) is 58.1 Å². The lowest BCUT2D eigenvalue weighted by molar-refractivity contribution is -0.122. The Kier molecular flexibility index (Phi) is 5.10. The quantitative estimate of drug-likeness (QED) is 0.885. The van der Waals surface area contributed by atoms with E-state index in [1.807, 2.05) is 13.0 Å². The van der Waals surface area contributed by atoms with Crippen LogP contribution in [0.2, 0.25) is 10.0 Å². The summed E-state index contributed by atoms with van der Waals surface area (Å²) in [7, 11) is 0. The van der Waals surface area contributed by atoms with Crippen LogP contribution < -0.4 is 10.1 Å². The summed E-state index contributed by atoms with van der Waals surface area (Å²) in [5.74, 6) is 0.342. The fraction of sp³-hybridized carbons (Fsp3) is 0.188. The maximum atomic E-state index is 12.1. The van der Waals surface area contributed by atoms with E-state index in [1.54, 1.807) is 43.3 Å². The zero-order valence-electron chi connectivity index (χ0n) is 11.7. The first-order valence-electron chi connectivity index (χ1n) is 6.45. The number of carbonyl (C=O) groups excluding carboxylic acids is 1. The predicted molar refractivity (Wildman–Crippen MR) is 86.4 cm³/mol. The lowest BCUT2D eigenvalue weighted by atomic mass is 10.2. The van der Waals surface area contributed by atoms with Crippen molar-refractivity contribution in [2.45, 2.75) is 20.0 Å². The first-order valence-corrected chi connectivity index (χ1v) is 7.20. The summed E-state index contributed by atoms with van der Waals surface area (Å²) in [6, 6.07) is 12.2. The molecule has 2 aromatic carbocycles. The number of hydrogen-bond acceptors (Lipinski definition) is 2. The van der Waals surface area contributed by atoms with Crippen LogP contribution in [0.25, 0.3) is 0 Å². The number of ether oxygens (including phenoxy) is 1. The summed E-state index contributed by atoms with van der Waals surface area (Å²) >= 11 is 11.8. The summed E-state index contributed by atoms with van der Waals surface area (Å²) in [6.07, 6.45) is -0.633. The van der Waals surface area contributed by atoms with Crippen molar-refractivity contribution in [2.24, 2.45) is 0 Å². The molecule has 0 heterocycles. The van der Waals surface area contributed by atoms with Crippen LogP contribution in [0.4, 0.5) is 5.69 Å². The molecule has 0 aromatic heterocycles. The first-order chi connectivity index (χ1) is 9.95. The smallest absolute Gasteiger partial charge is 0.265 e. The number of nitrogens with one attached hydrogen (secondary N) is 1. The summed E-state index contributed by atoms with van der Waals surface area (Å²) in [5, 5.41) is 4.00. The fourth-order valence-electron chi connectivity index (χ4n) is 1.69. The Balaban J connectivity index is 1.98. The van der Waals surface area contributed by atoms with E-state index in [0.29, 0.717) is 21.5 Å². The van der Waals surface area contributed by atoms with Gasteiger partial charge in [0.25, 0.3) is 5.91 Å². The molecular formula is C16H15Cl2NO2. The van der Waals surface area contributed by atoms with Gasteiger partial charge in [0.15, 0.2) is 6.10 Å². The van der Waals surface area contributed by atoms with Gasteiger partial charge in [-0.2, -0.15) is 0 Å². The van der Waals surface area contributed by atoms with E-state index >= 15 is 0 Å². The van der Waals surface area contributed by atoms with Gasteiger partial charge in [-0.3, -0.25) is 4.79 Å². The molecular weight excluding hydrogens is 309 g/mol. The van der Waals surface area contributed by atoms with E-state index in [9.17, 15) is 4.79 Å². The van der Waals surface area contributed by atoms with Crippen molar-refractivity contribution >= 4 is 34.8 Å². The molecule has 1 amide bonds. The second kappa shape index (κ2) is 6.83. The number of hydrogen-bond donors (Lipinski definition) is 1. The molecule has 110 valence electrons. The SMILES string of the molecule is Cc1ccc(NC(=O)[C@@H](C)Oc2ccc(Cl)cc2)cc1Cl. The van der Waals surface area contributed by atoms with Gasteiger partial charge in [-0.05, 0) is 55.8 Å². The maximum absolute atomic E-state index is 12.1. The van der Waals surface area contributed by atoms with Crippen LogP contribution in [0.5, 0.6) is 5.75 Å². The van der Waals surface area contributed by atoms with Gasteiger partial charge in [0.1, 0.15) is 5.75 Å². The molecule has 3 nitrogen and oxygen atoms in total. The molecule has 0 radical (unpaired) electrons. The van der Waals surface area contributed by atoms with Gasteiger partial charge < -0.3 is 10.1 Å². The molecule has 0 spiro atoms. The Morgan fingerprint density at radius 2 is 1.81 bits per heavy atom. The van der Waals surface area contributed by atoms with E-state index in [2.05, 4.69) is 5.32 Å². The summed E-state index contributed by atoms with van der Waals surface area (Å²) in [6.45, 7) is 3.58. The van der Waals surface area contributed by atoms with E-state index in [-0.39, 0.29) is 5.91 Å². The van der Waals surface area contributed by atoms with Crippen molar-refractivity contribution in [3.63, 3.8) is 0 Å². The third kappa shape index (κ3) is 4.38. The van der Waals surface area contributed by atoms with Crippen molar-refractivity contribution in [3.8, 4) is 5.75 Å². The normalized spacial score (nSPS) is 11.8. The Morgan fingerprint density at radius 1 is 1.14 bits per heavy atom. The van der Waals surface area contributed by atoms with Gasteiger partial charge in [0.05, 0.1) is 0 Å². The molecule has 1 N–H and O–H groups in total. The lowest BCUT2D eigenvalue weighted by Gasteiger charge is -2.15. The zero-order valence-corrected chi connectivity index (χ0v) is 13.2. The predicted octanol–water partition coefficient (Wildman–Crippen LogP) is 4.71. The minimum absolute atomic E-state index is 0.245. The van der Waals surface area contributed by atoms with Crippen molar-refractivity contribution < 1.29 is 9.53 Å². The van der Waals surface area contributed by atoms with Crippen LogP contribution in [0, 0.1) is 6.92 Å². The molecule has 0 saturated carbocycles. The number of anilines is 1. The van der Waals surface area contributed by atoms with Crippen LogP contribution in [0.3, 0.4) is 0 Å². The van der Waals surface area contributed by atoms with Crippen LogP contribution in [0.1, 0.15) is 12.5 Å². The lowest BCUT2D eigenvalue weighted by Crippen LogP contribution is -2.30. The van der Waals surface area contributed by atoms with Gasteiger partial charge in [-0.1, -0.05) is 29.3 Å². The molecule has 0 saturated heterocycles. The average Bonchev–Trinajstić information content (AvgIpc) is 2.45. The second-order valence-electron chi connectivity index (χ2n) is 4.67. The monoisotopic (exact) mass is 323 g/mol. The summed E-state index contributed by atoms with van der Waals surface area (Å²) in [4.78, 5) is 12.1. The molecule has 5 heteroatoms. The van der Waals surface area contributed by atoms with Gasteiger partial charge >= 0.3 is 0 Å². The van der Waals surface area contributed by atoms with Crippen molar-refractivity contribution in [1.29, 1.82) is 0 Å². The summed E-state index contributed by atoms with van der Waals surface area (Å²) < 4.78 is 5.55. The van der Waals surface area contributed by atoms with Crippen molar-refractivity contribution in [1.82, 2.24) is 0 Å². The van der Waals surface area contributed by atoms with E-state index < -0.39 is 6.10 Å². The number of amides is 1. The molecule has 21 heavy (non-hydrogen) atoms. The summed E-state index contributed by atoms with van der Waals surface area (Å²) in [5.41, 5.74) is 1.60. The third-order valence-electron chi connectivity index (χ3n) is 2.94. The van der Waals surface area contributed by atoms with Crippen LogP contribution >= 0.6 is 23.2 Å². The van der Waals surface area contributed by atoms with E-state index in [4.69, 9.17) is 27.9 Å². The zero-order chi connectivity index (χ0) is 15.4. The van der Waals surface area contributed by atoms with E-state index in [0.717, 1.165) is 5.56 Å². The highest BCUT2D eigenvalue weighted by Crippen LogP contribution is 2.21. The number of aryl methyl sites for hydroxylation is 1. The molecule has 0 aliphatic rings. The Hall–Kier alpha value is -1.71. The van der Waals surface area contributed by atoms with Crippen LogP contribution in [-0.2, 0) is 4.79 Å². The highest BCUT2D eigenvalue weighted by atomic mass is 35.5. The van der Waals surface area contributed by atoms with Crippen LogP contribution in [0.15, 0.2) is 42.5 Å². The number of rotatable bonds is 4. The van der Waals surface area contributed by atoms with Gasteiger partial charge in [0, 0.05) is 15.7 Å². The van der Waals surface area contributed by atoms with Crippen LogP contribution in [-0.4, -0.2) is 12.0 Å². The number of carbonyl (C=O) groups is 1. The number of benzene rings is 2. The van der Waals surface area contributed by atoms with Gasteiger partial charge in [-0.25, -0.2) is 0 Å². The molecule has 0 bridgehead atoms. The minimum atomic E-state index is -0.633. The second-order valence-corrected chi connectivity index (χ2v) is 5.51. The molecule has 0 fully saturated rings. The molecule has 0 aliphatic heterocycles. The largest absolute Gasteiger partial charge is 0.481 e. The molecule has 2 rings (SSSR count). The molecule has 1 atom stereocenters.